The number of amides is 1. The fraction of sp³-hybridized carbons (Fsp3) is 0.625. The summed E-state index contributed by atoms with van der Waals surface area (Å²) in [7, 11) is 1.30. The molecule has 4 aliphatic carbocycles. The van der Waals surface area contributed by atoms with Crippen LogP contribution in [0.1, 0.15) is 83.7 Å². The van der Waals surface area contributed by atoms with Gasteiger partial charge in [0.2, 0.25) is 0 Å². The van der Waals surface area contributed by atoms with Crippen LogP contribution in [0.3, 0.4) is 0 Å². The maximum atomic E-state index is 12.6. The topological polar surface area (TPSA) is 94.1 Å². The van der Waals surface area contributed by atoms with Crippen LogP contribution in [0.15, 0.2) is 47.1 Å². The Bertz CT molecular complexity index is 1180. The summed E-state index contributed by atoms with van der Waals surface area (Å²) < 4.78 is 4.86. The minimum Gasteiger partial charge on any atom is -0.467 e. The van der Waals surface area contributed by atoms with Gasteiger partial charge in [0.1, 0.15) is 5.78 Å². The van der Waals surface area contributed by atoms with Crippen molar-refractivity contribution in [1.82, 2.24) is 5.32 Å². The van der Waals surface area contributed by atoms with Crippen molar-refractivity contribution in [3.05, 3.63) is 47.5 Å². The average molecular weight is 535 g/mol. The molecule has 1 aromatic carbocycles. The number of rotatable bonds is 7. The van der Waals surface area contributed by atoms with Gasteiger partial charge in [0, 0.05) is 5.92 Å². The number of benzene rings is 1. The number of allylic oxidation sites excluding steroid dienone is 2. The molecule has 7 heteroatoms. The number of ether oxygens (including phenoxy) is 1. The Morgan fingerprint density at radius 3 is 2.51 bits per heavy atom. The third kappa shape index (κ3) is 5.05. The van der Waals surface area contributed by atoms with Crippen molar-refractivity contribution in [1.29, 1.82) is 0 Å². The van der Waals surface area contributed by atoms with Gasteiger partial charge < -0.3 is 14.9 Å². The number of carbonyl (C=O) groups is 3. The van der Waals surface area contributed by atoms with E-state index in [4.69, 9.17) is 9.57 Å². The summed E-state index contributed by atoms with van der Waals surface area (Å²) >= 11 is 0. The van der Waals surface area contributed by atoms with Crippen molar-refractivity contribution < 1.29 is 24.0 Å². The molecule has 0 heterocycles. The first-order valence-corrected chi connectivity index (χ1v) is 14.5. The molecular weight excluding hydrogens is 492 g/mol. The first-order valence-electron chi connectivity index (χ1n) is 14.5. The van der Waals surface area contributed by atoms with Gasteiger partial charge in [-0.3, -0.25) is 9.59 Å². The normalized spacial score (nSPS) is 35.1. The molecule has 0 unspecified atom stereocenters. The van der Waals surface area contributed by atoms with Gasteiger partial charge in [-0.05, 0) is 98.5 Å². The molecule has 4 aliphatic rings. The van der Waals surface area contributed by atoms with Crippen molar-refractivity contribution in [2.24, 2.45) is 39.7 Å². The maximum absolute atomic E-state index is 12.6. The van der Waals surface area contributed by atoms with E-state index in [0.717, 1.165) is 37.8 Å². The second-order valence-electron chi connectivity index (χ2n) is 12.6. The first kappa shape index (κ1) is 27.6. The zero-order valence-corrected chi connectivity index (χ0v) is 23.7. The number of esters is 1. The summed E-state index contributed by atoms with van der Waals surface area (Å²) in [6, 6.07) is 8.10. The number of methoxy groups -OCH3 is 1. The molecule has 39 heavy (non-hydrogen) atoms. The van der Waals surface area contributed by atoms with E-state index in [9.17, 15) is 14.4 Å². The van der Waals surface area contributed by atoms with Gasteiger partial charge in [-0.25, -0.2) is 4.79 Å². The highest BCUT2D eigenvalue weighted by atomic mass is 16.6. The van der Waals surface area contributed by atoms with E-state index in [1.54, 1.807) is 31.2 Å². The lowest BCUT2D eigenvalue weighted by Gasteiger charge is -2.58. The van der Waals surface area contributed by atoms with Crippen LogP contribution >= 0.6 is 0 Å². The Hall–Kier alpha value is -2.96. The fourth-order valence-electron chi connectivity index (χ4n) is 8.73. The quantitative estimate of drug-likeness (QED) is 0.365. The zero-order valence-electron chi connectivity index (χ0n) is 23.7. The molecule has 210 valence electrons. The van der Waals surface area contributed by atoms with Crippen LogP contribution in [-0.4, -0.2) is 37.1 Å². The van der Waals surface area contributed by atoms with Crippen molar-refractivity contribution in [2.45, 2.75) is 78.2 Å². The Morgan fingerprint density at radius 2 is 1.79 bits per heavy atom. The van der Waals surface area contributed by atoms with Crippen LogP contribution in [0.4, 0.5) is 0 Å². The highest BCUT2D eigenvalue weighted by Crippen LogP contribution is 2.66. The summed E-state index contributed by atoms with van der Waals surface area (Å²) in [5, 5.41) is 7.00. The highest BCUT2D eigenvalue weighted by molar-refractivity contribution is 5.96. The molecule has 1 N–H and O–H groups in total. The number of hydrogen-bond donors (Lipinski definition) is 1. The van der Waals surface area contributed by atoms with Gasteiger partial charge in [-0.2, -0.15) is 0 Å². The van der Waals surface area contributed by atoms with Gasteiger partial charge in [-0.15, -0.1) is 0 Å². The SMILES string of the molecule is COC(=O)[C@@H](NC(=O)CO/N=C1\C=C2CC[C@H]3[C@@H]4CC[C@H](C(C)=O)[C@@]4(C)CC[C@@H]3[C@@]2(C)CC1)c1ccccc1. The van der Waals surface area contributed by atoms with Gasteiger partial charge in [-0.1, -0.05) is 54.9 Å². The molecule has 0 bridgehead atoms. The van der Waals surface area contributed by atoms with Crippen LogP contribution in [0.5, 0.6) is 0 Å². The van der Waals surface area contributed by atoms with Gasteiger partial charge in [0.15, 0.2) is 12.6 Å². The van der Waals surface area contributed by atoms with E-state index in [1.165, 1.54) is 31.9 Å². The lowest BCUT2D eigenvalue weighted by atomic mass is 9.46. The third-order valence-corrected chi connectivity index (χ3v) is 10.7. The molecule has 1 amide bonds. The number of Topliss-reactive ketones (excluding diaryl/α,β-unsaturated/α-hetero) is 1. The molecule has 0 saturated heterocycles. The molecule has 0 aromatic heterocycles. The van der Waals surface area contributed by atoms with Crippen LogP contribution in [0, 0.1) is 34.5 Å². The Balaban J connectivity index is 1.22. The standard InChI is InChI=1S/C32H42N2O5/c1-20(35)25-12-13-26-24-11-10-22-18-23(14-16-31(22,2)27(24)15-17-32(25,26)3)34-39-19-28(36)33-29(30(37)38-4)21-8-6-5-7-9-21/h5-9,18,24-27,29H,10-17,19H2,1-4H3,(H,33,36)/b34-23-/t24-,25+,26-,27-,29-,31-,32+/m0/s1. The van der Waals surface area contributed by atoms with E-state index < -0.39 is 17.9 Å². The fourth-order valence-corrected chi connectivity index (χ4v) is 8.73. The van der Waals surface area contributed by atoms with E-state index >= 15 is 0 Å². The number of carbonyl (C=O) groups excluding carboxylic acids is 3. The van der Waals surface area contributed by atoms with Gasteiger partial charge in [0.05, 0.1) is 12.8 Å². The average Bonchev–Trinajstić information content (AvgIpc) is 3.29. The molecular formula is C32H42N2O5. The monoisotopic (exact) mass is 534 g/mol. The first-order chi connectivity index (χ1) is 18.7. The minimum absolute atomic E-state index is 0.165. The van der Waals surface area contributed by atoms with E-state index in [2.05, 4.69) is 30.4 Å². The van der Waals surface area contributed by atoms with Crippen molar-refractivity contribution in [3.63, 3.8) is 0 Å². The van der Waals surface area contributed by atoms with Crippen molar-refractivity contribution in [2.75, 3.05) is 13.7 Å². The van der Waals surface area contributed by atoms with Gasteiger partial charge >= 0.3 is 5.97 Å². The number of fused-ring (bicyclic) bond motifs is 5. The highest BCUT2D eigenvalue weighted by Gasteiger charge is 2.59. The van der Waals surface area contributed by atoms with Crippen LogP contribution < -0.4 is 5.32 Å². The second-order valence-corrected chi connectivity index (χ2v) is 12.6. The van der Waals surface area contributed by atoms with E-state index in [-0.39, 0.29) is 23.4 Å². The third-order valence-electron chi connectivity index (χ3n) is 10.7. The lowest BCUT2D eigenvalue weighted by Crippen LogP contribution is -2.51. The van der Waals surface area contributed by atoms with Crippen LogP contribution in [0.2, 0.25) is 0 Å². The van der Waals surface area contributed by atoms with Crippen molar-refractivity contribution in [3.8, 4) is 0 Å². The summed E-state index contributed by atoms with van der Waals surface area (Å²) in [5.74, 6) is 1.66. The largest absolute Gasteiger partial charge is 0.467 e. The van der Waals surface area contributed by atoms with E-state index in [1.807, 2.05) is 6.07 Å². The molecule has 7 atom stereocenters. The van der Waals surface area contributed by atoms with Crippen molar-refractivity contribution >= 4 is 23.4 Å². The minimum atomic E-state index is -0.893. The predicted octanol–water partition coefficient (Wildman–Crippen LogP) is 5.56. The molecule has 0 aliphatic heterocycles. The molecule has 3 saturated carbocycles. The number of hydrogen-bond acceptors (Lipinski definition) is 6. The maximum Gasteiger partial charge on any atom is 0.333 e. The van der Waals surface area contributed by atoms with Gasteiger partial charge in [0.25, 0.3) is 5.91 Å². The summed E-state index contributed by atoms with van der Waals surface area (Å²) in [4.78, 5) is 42.6. The van der Waals surface area contributed by atoms with Crippen LogP contribution in [0.25, 0.3) is 0 Å². The molecule has 3 fully saturated rings. The number of ketones is 1. The zero-order chi connectivity index (χ0) is 27.8. The smallest absolute Gasteiger partial charge is 0.333 e. The van der Waals surface area contributed by atoms with E-state index in [0.29, 0.717) is 29.1 Å². The molecule has 0 spiro atoms. The number of nitrogens with zero attached hydrogens (tertiary/aromatic N) is 1. The Morgan fingerprint density at radius 1 is 1.03 bits per heavy atom. The Labute approximate surface area is 231 Å². The summed E-state index contributed by atoms with van der Waals surface area (Å²) in [6.45, 7) is 6.36. The number of oxime groups is 1. The lowest BCUT2D eigenvalue weighted by molar-refractivity contribution is -0.145. The van der Waals surface area contributed by atoms with Crippen LogP contribution in [-0.2, 0) is 24.0 Å². The molecule has 7 nitrogen and oxygen atoms in total. The molecule has 5 rings (SSSR count). The predicted molar refractivity (Wildman–Crippen MR) is 149 cm³/mol. The summed E-state index contributed by atoms with van der Waals surface area (Å²) in [5.41, 5.74) is 3.32. The second kappa shape index (κ2) is 10.9. The molecule has 0 radical (unpaired) electrons. The summed E-state index contributed by atoms with van der Waals surface area (Å²) in [6.07, 6.45) is 10.9. The Kier molecular flexibility index (Phi) is 7.71. The molecule has 1 aromatic rings. The number of nitrogens with one attached hydrogen (secondary N) is 1.